The van der Waals surface area contributed by atoms with Crippen LogP contribution in [0.25, 0.3) is 0 Å². The van der Waals surface area contributed by atoms with E-state index in [9.17, 15) is 4.79 Å². The number of benzene rings is 1. The number of likely N-dealkylation sites (N-methyl/N-ethyl adjacent to an activating group) is 1. The van der Waals surface area contributed by atoms with Gasteiger partial charge in [0, 0.05) is 32.6 Å². The standard InChI is InChI=1S/C20H32N4O.HI/c1-5-21-19(22-14-18(25)24(3)4)23-15-20(11-6-7-12-20)17-10-8-9-16(2)13-17;/h8-10,13H,5-7,11-12,14-15H2,1-4H3,(H2,21,22,23);1H. The number of aliphatic imine (C=N–C) groups is 1. The first-order valence-electron chi connectivity index (χ1n) is 9.26. The van der Waals surface area contributed by atoms with E-state index in [1.807, 2.05) is 6.92 Å². The molecule has 1 aliphatic rings. The Morgan fingerprint density at radius 1 is 1.23 bits per heavy atom. The highest BCUT2D eigenvalue weighted by molar-refractivity contribution is 14.0. The zero-order valence-electron chi connectivity index (χ0n) is 16.5. The van der Waals surface area contributed by atoms with E-state index >= 15 is 0 Å². The molecular weight excluding hydrogens is 439 g/mol. The Morgan fingerprint density at radius 2 is 1.92 bits per heavy atom. The molecule has 0 spiro atoms. The third-order valence-corrected chi connectivity index (χ3v) is 5.00. The van der Waals surface area contributed by atoms with Crippen LogP contribution in [0.4, 0.5) is 0 Å². The molecule has 0 radical (unpaired) electrons. The van der Waals surface area contributed by atoms with Crippen molar-refractivity contribution in [1.29, 1.82) is 0 Å². The van der Waals surface area contributed by atoms with Gasteiger partial charge in [-0.1, -0.05) is 42.7 Å². The second-order valence-corrected chi connectivity index (χ2v) is 7.19. The molecule has 0 atom stereocenters. The molecule has 0 bridgehead atoms. The van der Waals surface area contributed by atoms with E-state index in [2.05, 4.69) is 46.8 Å². The van der Waals surface area contributed by atoms with Crippen molar-refractivity contribution in [2.45, 2.75) is 44.9 Å². The quantitative estimate of drug-likeness (QED) is 0.380. The molecule has 1 aromatic carbocycles. The molecule has 6 heteroatoms. The van der Waals surface area contributed by atoms with E-state index in [1.165, 1.54) is 36.8 Å². The van der Waals surface area contributed by atoms with Crippen LogP contribution >= 0.6 is 24.0 Å². The van der Waals surface area contributed by atoms with Gasteiger partial charge in [-0.25, -0.2) is 4.99 Å². The summed E-state index contributed by atoms with van der Waals surface area (Å²) in [6.45, 7) is 5.98. The fraction of sp³-hybridized carbons (Fsp3) is 0.600. The van der Waals surface area contributed by atoms with Crippen LogP contribution in [-0.4, -0.2) is 50.5 Å². The van der Waals surface area contributed by atoms with E-state index in [1.54, 1.807) is 19.0 Å². The third kappa shape index (κ3) is 6.14. The van der Waals surface area contributed by atoms with Crippen molar-refractivity contribution >= 4 is 35.8 Å². The maximum atomic E-state index is 11.8. The van der Waals surface area contributed by atoms with E-state index in [-0.39, 0.29) is 41.8 Å². The van der Waals surface area contributed by atoms with Crippen molar-refractivity contribution in [3.05, 3.63) is 35.4 Å². The summed E-state index contributed by atoms with van der Waals surface area (Å²) in [5.74, 6) is 0.725. The first-order valence-corrected chi connectivity index (χ1v) is 9.26. The van der Waals surface area contributed by atoms with Crippen LogP contribution in [0.3, 0.4) is 0 Å². The number of hydrogen-bond acceptors (Lipinski definition) is 2. The number of nitrogens with one attached hydrogen (secondary N) is 2. The van der Waals surface area contributed by atoms with Gasteiger partial charge in [0.1, 0.15) is 6.54 Å². The molecule has 0 aromatic heterocycles. The Hall–Kier alpha value is -1.31. The molecule has 5 nitrogen and oxygen atoms in total. The number of nitrogens with zero attached hydrogens (tertiary/aromatic N) is 2. The van der Waals surface area contributed by atoms with Gasteiger partial charge in [-0.15, -0.1) is 24.0 Å². The highest BCUT2D eigenvalue weighted by Gasteiger charge is 2.35. The van der Waals surface area contributed by atoms with E-state index in [0.29, 0.717) is 0 Å². The molecular formula is C20H33IN4O. The van der Waals surface area contributed by atoms with Gasteiger partial charge in [-0.05, 0) is 32.3 Å². The molecule has 2 rings (SSSR count). The average Bonchev–Trinajstić information content (AvgIpc) is 3.07. The summed E-state index contributed by atoms with van der Waals surface area (Å²) in [7, 11) is 3.51. The highest BCUT2D eigenvalue weighted by atomic mass is 127. The van der Waals surface area contributed by atoms with Crippen LogP contribution in [0.15, 0.2) is 29.3 Å². The molecule has 1 aliphatic carbocycles. The fourth-order valence-electron chi connectivity index (χ4n) is 3.48. The number of halogens is 1. The molecule has 2 N–H and O–H groups in total. The van der Waals surface area contributed by atoms with Gasteiger partial charge >= 0.3 is 0 Å². The van der Waals surface area contributed by atoms with Gasteiger partial charge in [0.15, 0.2) is 5.96 Å². The fourth-order valence-corrected chi connectivity index (χ4v) is 3.48. The monoisotopic (exact) mass is 472 g/mol. The minimum atomic E-state index is 0. The smallest absolute Gasteiger partial charge is 0.243 e. The number of hydrogen-bond donors (Lipinski definition) is 2. The van der Waals surface area contributed by atoms with Crippen LogP contribution in [0.5, 0.6) is 0 Å². The lowest BCUT2D eigenvalue weighted by atomic mass is 9.78. The van der Waals surface area contributed by atoms with Crippen molar-refractivity contribution < 1.29 is 4.79 Å². The number of aryl methyl sites for hydroxylation is 1. The summed E-state index contributed by atoms with van der Waals surface area (Å²) in [5.41, 5.74) is 2.88. The SMILES string of the molecule is CCNC(=NCC(=O)N(C)C)NCC1(c2cccc(C)c2)CCCC1.I. The highest BCUT2D eigenvalue weighted by Crippen LogP contribution is 2.40. The number of guanidine groups is 1. The summed E-state index contributed by atoms with van der Waals surface area (Å²) in [6.07, 6.45) is 4.92. The molecule has 0 unspecified atom stereocenters. The summed E-state index contributed by atoms with van der Waals surface area (Å²) in [5, 5.41) is 6.73. The van der Waals surface area contributed by atoms with Gasteiger partial charge in [-0.2, -0.15) is 0 Å². The predicted molar refractivity (Wildman–Crippen MR) is 119 cm³/mol. The van der Waals surface area contributed by atoms with Crippen molar-refractivity contribution in [3.63, 3.8) is 0 Å². The van der Waals surface area contributed by atoms with Gasteiger partial charge in [0.25, 0.3) is 0 Å². The second kappa shape index (κ2) is 10.7. The lowest BCUT2D eigenvalue weighted by Crippen LogP contribution is -2.45. The normalized spacial score (nSPS) is 15.9. The van der Waals surface area contributed by atoms with Crippen molar-refractivity contribution in [1.82, 2.24) is 15.5 Å². The average molecular weight is 472 g/mol. The largest absolute Gasteiger partial charge is 0.357 e. The lowest BCUT2D eigenvalue weighted by molar-refractivity contribution is -0.127. The maximum Gasteiger partial charge on any atom is 0.243 e. The van der Waals surface area contributed by atoms with Crippen LogP contribution in [0, 0.1) is 6.92 Å². The van der Waals surface area contributed by atoms with Gasteiger partial charge in [-0.3, -0.25) is 4.79 Å². The second-order valence-electron chi connectivity index (χ2n) is 7.19. The molecule has 1 aromatic rings. The molecule has 0 saturated heterocycles. The molecule has 1 fully saturated rings. The number of amides is 1. The van der Waals surface area contributed by atoms with E-state index < -0.39 is 0 Å². The predicted octanol–water partition coefficient (Wildman–Crippen LogP) is 3.07. The van der Waals surface area contributed by atoms with Crippen LogP contribution in [-0.2, 0) is 10.2 Å². The number of carbonyl (C=O) groups is 1. The third-order valence-electron chi connectivity index (χ3n) is 5.00. The Bertz CT molecular complexity index is 610. The summed E-state index contributed by atoms with van der Waals surface area (Å²) in [4.78, 5) is 17.8. The van der Waals surface area contributed by atoms with Gasteiger partial charge in [0.2, 0.25) is 5.91 Å². The van der Waals surface area contributed by atoms with E-state index in [0.717, 1.165) is 19.0 Å². The molecule has 146 valence electrons. The number of carbonyl (C=O) groups excluding carboxylic acids is 1. The van der Waals surface area contributed by atoms with Crippen molar-refractivity contribution in [2.24, 2.45) is 4.99 Å². The van der Waals surface area contributed by atoms with E-state index in [4.69, 9.17) is 0 Å². The first-order chi connectivity index (χ1) is 12.0. The summed E-state index contributed by atoms with van der Waals surface area (Å²) < 4.78 is 0. The summed E-state index contributed by atoms with van der Waals surface area (Å²) in [6, 6.07) is 8.87. The Labute approximate surface area is 175 Å². The van der Waals surface area contributed by atoms with Crippen LogP contribution in [0.2, 0.25) is 0 Å². The zero-order chi connectivity index (χ0) is 18.3. The van der Waals surface area contributed by atoms with Crippen molar-refractivity contribution in [2.75, 3.05) is 33.7 Å². The topological polar surface area (TPSA) is 56.7 Å². The molecule has 0 aliphatic heterocycles. The molecule has 26 heavy (non-hydrogen) atoms. The Balaban J connectivity index is 0.00000338. The van der Waals surface area contributed by atoms with Gasteiger partial charge in [0.05, 0.1) is 0 Å². The van der Waals surface area contributed by atoms with Crippen LogP contribution in [0.1, 0.15) is 43.7 Å². The number of rotatable bonds is 6. The minimum Gasteiger partial charge on any atom is -0.357 e. The van der Waals surface area contributed by atoms with Gasteiger partial charge < -0.3 is 15.5 Å². The molecule has 1 amide bonds. The Morgan fingerprint density at radius 3 is 2.50 bits per heavy atom. The lowest BCUT2D eigenvalue weighted by Gasteiger charge is -2.31. The first kappa shape index (κ1) is 22.7. The maximum absolute atomic E-state index is 11.8. The van der Waals surface area contributed by atoms with Crippen molar-refractivity contribution in [3.8, 4) is 0 Å². The molecule has 0 heterocycles. The summed E-state index contributed by atoms with van der Waals surface area (Å²) >= 11 is 0. The zero-order valence-corrected chi connectivity index (χ0v) is 18.8. The van der Waals surface area contributed by atoms with Crippen LogP contribution < -0.4 is 10.6 Å². The minimum absolute atomic E-state index is 0. The Kier molecular flexibility index (Phi) is 9.39. The molecule has 1 saturated carbocycles.